The van der Waals surface area contributed by atoms with Crippen molar-refractivity contribution in [2.24, 2.45) is 17.6 Å². The highest BCUT2D eigenvalue weighted by Crippen LogP contribution is 2.38. The van der Waals surface area contributed by atoms with Crippen LogP contribution in [0.1, 0.15) is 23.2 Å². The minimum Gasteiger partial charge on any atom is -0.496 e. The lowest BCUT2D eigenvalue weighted by Gasteiger charge is -2.19. The van der Waals surface area contributed by atoms with Gasteiger partial charge in [-0.25, -0.2) is 0 Å². The third-order valence-electron chi connectivity index (χ3n) is 4.60. The first kappa shape index (κ1) is 16.6. The molecule has 6 heteroatoms. The highest BCUT2D eigenvalue weighted by atomic mass is 79.9. The molecule has 1 aliphatic carbocycles. The number of nitrogens with two attached hydrogens (primary N) is 1. The molecule has 4 nitrogen and oxygen atoms in total. The summed E-state index contributed by atoms with van der Waals surface area (Å²) in [5.74, 6) is 1.91. The van der Waals surface area contributed by atoms with E-state index in [-0.39, 0.29) is 24.4 Å². The summed E-state index contributed by atoms with van der Waals surface area (Å²) in [6.45, 7) is 1.65. The highest BCUT2D eigenvalue weighted by molar-refractivity contribution is 9.10. The van der Waals surface area contributed by atoms with E-state index in [1.807, 2.05) is 23.1 Å². The Kier molecular flexibility index (Phi) is 5.17. The van der Waals surface area contributed by atoms with Crippen molar-refractivity contribution in [3.63, 3.8) is 0 Å². The van der Waals surface area contributed by atoms with Crippen LogP contribution < -0.4 is 10.5 Å². The van der Waals surface area contributed by atoms with Gasteiger partial charge in [0.1, 0.15) is 5.75 Å². The lowest BCUT2D eigenvalue weighted by atomic mass is 9.98. The molecule has 3 atom stereocenters. The maximum atomic E-state index is 12.6. The Morgan fingerprint density at radius 2 is 2.14 bits per heavy atom. The van der Waals surface area contributed by atoms with Crippen molar-refractivity contribution in [2.45, 2.75) is 18.9 Å². The zero-order chi connectivity index (χ0) is 14.3. The topological polar surface area (TPSA) is 55.6 Å². The second kappa shape index (κ2) is 6.55. The maximum absolute atomic E-state index is 12.6. The van der Waals surface area contributed by atoms with E-state index >= 15 is 0 Å². The molecule has 0 radical (unpaired) electrons. The lowest BCUT2D eigenvalue weighted by Crippen LogP contribution is -2.33. The smallest absolute Gasteiger partial charge is 0.253 e. The van der Waals surface area contributed by atoms with Crippen LogP contribution in [0.25, 0.3) is 0 Å². The first-order chi connectivity index (χ1) is 9.60. The fourth-order valence-electron chi connectivity index (χ4n) is 3.46. The predicted molar refractivity (Wildman–Crippen MR) is 88.0 cm³/mol. The largest absolute Gasteiger partial charge is 0.496 e. The van der Waals surface area contributed by atoms with Gasteiger partial charge in [-0.3, -0.25) is 4.79 Å². The minimum absolute atomic E-state index is 0. The summed E-state index contributed by atoms with van der Waals surface area (Å²) in [5, 5.41) is 0. The van der Waals surface area contributed by atoms with E-state index in [0.29, 0.717) is 17.4 Å². The normalized spacial score (nSPS) is 27.2. The van der Waals surface area contributed by atoms with Crippen molar-refractivity contribution in [3.05, 3.63) is 28.2 Å². The molecule has 1 aromatic rings. The molecular formula is C15H20BrClN2O2. The SMILES string of the molecule is COc1ccc(C(=O)N2CC3CCC(N)C3C2)cc1Br.Cl. The number of nitrogens with zero attached hydrogens (tertiary/aromatic N) is 1. The van der Waals surface area contributed by atoms with E-state index < -0.39 is 0 Å². The fourth-order valence-corrected chi connectivity index (χ4v) is 4.00. The molecule has 0 aromatic heterocycles. The quantitative estimate of drug-likeness (QED) is 0.864. The van der Waals surface area contributed by atoms with Gasteiger partial charge in [-0.05, 0) is 58.8 Å². The third kappa shape index (κ3) is 3.05. The minimum atomic E-state index is 0. The average molecular weight is 376 g/mol. The van der Waals surface area contributed by atoms with Crippen molar-refractivity contribution >= 4 is 34.2 Å². The van der Waals surface area contributed by atoms with Crippen LogP contribution >= 0.6 is 28.3 Å². The molecule has 1 aliphatic heterocycles. The van der Waals surface area contributed by atoms with Crippen LogP contribution in [0.4, 0.5) is 0 Å². The average Bonchev–Trinajstić information content (AvgIpc) is 3.00. The Morgan fingerprint density at radius 1 is 1.38 bits per heavy atom. The summed E-state index contributed by atoms with van der Waals surface area (Å²) in [6, 6.07) is 5.73. The van der Waals surface area contributed by atoms with Gasteiger partial charge in [-0.1, -0.05) is 0 Å². The molecule has 1 aromatic carbocycles. The van der Waals surface area contributed by atoms with Crippen molar-refractivity contribution < 1.29 is 9.53 Å². The number of amides is 1. The summed E-state index contributed by atoms with van der Waals surface area (Å²) >= 11 is 3.43. The molecule has 21 heavy (non-hydrogen) atoms. The van der Waals surface area contributed by atoms with E-state index in [1.165, 1.54) is 0 Å². The summed E-state index contributed by atoms with van der Waals surface area (Å²) in [7, 11) is 1.62. The Morgan fingerprint density at radius 3 is 2.76 bits per heavy atom. The van der Waals surface area contributed by atoms with Gasteiger partial charge >= 0.3 is 0 Å². The molecular weight excluding hydrogens is 356 g/mol. The van der Waals surface area contributed by atoms with E-state index in [0.717, 1.165) is 36.2 Å². The molecule has 2 fully saturated rings. The van der Waals surface area contributed by atoms with Gasteiger partial charge in [-0.2, -0.15) is 0 Å². The Labute approximate surface area is 139 Å². The monoisotopic (exact) mass is 374 g/mol. The Balaban J connectivity index is 0.00000161. The lowest BCUT2D eigenvalue weighted by molar-refractivity contribution is 0.0779. The number of methoxy groups -OCH3 is 1. The van der Waals surface area contributed by atoms with Gasteiger partial charge in [0.15, 0.2) is 0 Å². The number of hydrogen-bond acceptors (Lipinski definition) is 3. The van der Waals surface area contributed by atoms with Gasteiger partial charge in [0.2, 0.25) is 0 Å². The van der Waals surface area contributed by atoms with E-state index in [9.17, 15) is 4.79 Å². The number of fused-ring (bicyclic) bond motifs is 1. The highest BCUT2D eigenvalue weighted by Gasteiger charge is 2.42. The summed E-state index contributed by atoms with van der Waals surface area (Å²) in [4.78, 5) is 14.5. The second-order valence-corrected chi connectivity index (χ2v) is 6.58. The molecule has 1 saturated carbocycles. The number of rotatable bonds is 2. The van der Waals surface area contributed by atoms with Gasteiger partial charge in [0, 0.05) is 24.7 Å². The van der Waals surface area contributed by atoms with Crippen LogP contribution in [0.5, 0.6) is 5.75 Å². The Bertz CT molecular complexity index is 540. The van der Waals surface area contributed by atoms with Crippen LogP contribution in [-0.2, 0) is 0 Å². The standard InChI is InChI=1S/C15H19BrN2O2.ClH/c1-20-14-5-3-9(6-12(14)16)15(19)18-7-10-2-4-13(17)11(10)8-18;/h3,5-6,10-11,13H,2,4,7-8,17H2,1H3;1H. The molecule has 0 bridgehead atoms. The molecule has 2 aliphatic rings. The van der Waals surface area contributed by atoms with Crippen LogP contribution in [0.2, 0.25) is 0 Å². The zero-order valence-electron chi connectivity index (χ0n) is 11.9. The molecule has 1 heterocycles. The molecule has 2 N–H and O–H groups in total. The molecule has 1 amide bonds. The van der Waals surface area contributed by atoms with Crippen molar-refractivity contribution in [3.8, 4) is 5.75 Å². The van der Waals surface area contributed by atoms with Crippen LogP contribution in [0, 0.1) is 11.8 Å². The number of carbonyl (C=O) groups is 1. The molecule has 1 saturated heterocycles. The first-order valence-electron chi connectivity index (χ1n) is 6.98. The van der Waals surface area contributed by atoms with Crippen LogP contribution in [-0.4, -0.2) is 37.0 Å². The molecule has 3 rings (SSSR count). The number of likely N-dealkylation sites (tertiary alicyclic amines) is 1. The number of benzene rings is 1. The van der Waals surface area contributed by atoms with Crippen LogP contribution in [0.3, 0.4) is 0 Å². The summed E-state index contributed by atoms with van der Waals surface area (Å²) in [6.07, 6.45) is 2.26. The fraction of sp³-hybridized carbons (Fsp3) is 0.533. The van der Waals surface area contributed by atoms with Crippen LogP contribution in [0.15, 0.2) is 22.7 Å². The third-order valence-corrected chi connectivity index (χ3v) is 5.22. The summed E-state index contributed by atoms with van der Waals surface area (Å²) in [5.41, 5.74) is 6.82. The van der Waals surface area contributed by atoms with Gasteiger partial charge in [-0.15, -0.1) is 12.4 Å². The van der Waals surface area contributed by atoms with Crippen molar-refractivity contribution in [1.82, 2.24) is 4.90 Å². The number of hydrogen-bond donors (Lipinski definition) is 1. The number of halogens is 2. The molecule has 116 valence electrons. The van der Waals surface area contributed by atoms with Crippen molar-refractivity contribution in [2.75, 3.05) is 20.2 Å². The van der Waals surface area contributed by atoms with Gasteiger partial charge < -0.3 is 15.4 Å². The van der Waals surface area contributed by atoms with E-state index in [4.69, 9.17) is 10.5 Å². The molecule has 3 unspecified atom stereocenters. The number of ether oxygens (including phenoxy) is 1. The zero-order valence-corrected chi connectivity index (χ0v) is 14.3. The van der Waals surface area contributed by atoms with Gasteiger partial charge in [0.25, 0.3) is 5.91 Å². The van der Waals surface area contributed by atoms with E-state index in [1.54, 1.807) is 7.11 Å². The van der Waals surface area contributed by atoms with E-state index in [2.05, 4.69) is 15.9 Å². The maximum Gasteiger partial charge on any atom is 0.253 e. The van der Waals surface area contributed by atoms with Crippen molar-refractivity contribution in [1.29, 1.82) is 0 Å². The van der Waals surface area contributed by atoms with Gasteiger partial charge in [0.05, 0.1) is 11.6 Å². The first-order valence-corrected chi connectivity index (χ1v) is 7.78. The number of carbonyl (C=O) groups excluding carboxylic acids is 1. The second-order valence-electron chi connectivity index (χ2n) is 5.72. The predicted octanol–water partition coefficient (Wildman–Crippen LogP) is 2.69. The molecule has 0 spiro atoms. The Hall–Kier alpha value is -0.780. The summed E-state index contributed by atoms with van der Waals surface area (Å²) < 4.78 is 6.00.